The summed E-state index contributed by atoms with van der Waals surface area (Å²) in [5.74, 6) is -2.69. The van der Waals surface area contributed by atoms with Crippen molar-refractivity contribution in [1.29, 1.82) is 0 Å². The molecule has 0 heterocycles. The number of rotatable bonds is 6. The van der Waals surface area contributed by atoms with Crippen molar-refractivity contribution < 1.29 is 19.2 Å². The Morgan fingerprint density at radius 2 is 1.09 bits per heavy atom. The molecule has 8 heteroatoms. The molecule has 0 spiro atoms. The van der Waals surface area contributed by atoms with E-state index in [1.807, 2.05) is 0 Å². The summed E-state index contributed by atoms with van der Waals surface area (Å²) in [7, 11) is 0. The molecule has 1 rings (SSSR count). The molecule has 1 aromatic carbocycles. The molecule has 0 aliphatic carbocycles. The van der Waals surface area contributed by atoms with Gasteiger partial charge in [-0.3, -0.25) is 19.2 Å². The molecule has 4 amide bonds. The van der Waals surface area contributed by atoms with Crippen LogP contribution in [0.3, 0.4) is 0 Å². The molecular weight excluding hydrogens is 288 g/mol. The average molecular weight is 302 g/mol. The fraction of sp³-hybridized carbons (Fsp3) is 0. The predicted molar refractivity (Wildman–Crippen MR) is 80.4 cm³/mol. The number of benzene rings is 1. The molecule has 0 atom stereocenters. The number of carbonyl (C=O) groups excluding carboxylic acids is 4. The maximum Gasteiger partial charge on any atom is 0.248 e. The summed E-state index contributed by atoms with van der Waals surface area (Å²) in [6.07, 6.45) is 3.75. The van der Waals surface area contributed by atoms with Crippen LogP contribution in [0.4, 0.5) is 11.4 Å². The number of para-hydroxylation sites is 2. The van der Waals surface area contributed by atoms with E-state index < -0.39 is 23.6 Å². The zero-order valence-corrected chi connectivity index (χ0v) is 11.4. The van der Waals surface area contributed by atoms with Crippen LogP contribution in [0.5, 0.6) is 0 Å². The first-order valence-corrected chi connectivity index (χ1v) is 6.04. The molecule has 0 aliphatic heterocycles. The fourth-order valence-electron chi connectivity index (χ4n) is 1.37. The van der Waals surface area contributed by atoms with Gasteiger partial charge in [-0.1, -0.05) is 12.1 Å². The molecule has 22 heavy (non-hydrogen) atoms. The van der Waals surface area contributed by atoms with Gasteiger partial charge in [0.05, 0.1) is 11.4 Å². The van der Waals surface area contributed by atoms with Crippen molar-refractivity contribution in [1.82, 2.24) is 0 Å². The summed E-state index contributed by atoms with van der Waals surface area (Å²) >= 11 is 0. The second-order valence-electron chi connectivity index (χ2n) is 4.00. The smallest absolute Gasteiger partial charge is 0.248 e. The third-order valence-electron chi connectivity index (χ3n) is 2.24. The molecule has 0 saturated carbocycles. The number of anilines is 2. The lowest BCUT2D eigenvalue weighted by Crippen LogP contribution is -2.15. The molecule has 1 aromatic rings. The molecule has 0 aliphatic rings. The maximum atomic E-state index is 11.6. The van der Waals surface area contributed by atoms with Crippen LogP contribution in [0, 0.1) is 0 Å². The summed E-state index contributed by atoms with van der Waals surface area (Å²) in [5.41, 5.74) is 10.4. The van der Waals surface area contributed by atoms with Gasteiger partial charge >= 0.3 is 0 Å². The van der Waals surface area contributed by atoms with Gasteiger partial charge in [0.25, 0.3) is 0 Å². The van der Waals surface area contributed by atoms with Crippen molar-refractivity contribution >= 4 is 35.0 Å². The lowest BCUT2D eigenvalue weighted by atomic mass is 10.2. The predicted octanol–water partition coefficient (Wildman–Crippen LogP) is -0.353. The largest absolute Gasteiger partial charge is 0.366 e. The van der Waals surface area contributed by atoms with Gasteiger partial charge in [-0.15, -0.1) is 0 Å². The minimum atomic E-state index is -0.756. The van der Waals surface area contributed by atoms with Gasteiger partial charge in [-0.25, -0.2) is 0 Å². The molecule has 0 radical (unpaired) electrons. The molecule has 0 bridgehead atoms. The Morgan fingerprint density at radius 1 is 0.727 bits per heavy atom. The van der Waals surface area contributed by atoms with Gasteiger partial charge in [0.1, 0.15) is 0 Å². The van der Waals surface area contributed by atoms with E-state index in [4.69, 9.17) is 11.5 Å². The fourth-order valence-corrected chi connectivity index (χ4v) is 1.37. The highest BCUT2D eigenvalue weighted by molar-refractivity contribution is 6.08. The first-order chi connectivity index (χ1) is 10.4. The van der Waals surface area contributed by atoms with E-state index >= 15 is 0 Å². The molecule has 0 unspecified atom stereocenters. The third-order valence-corrected chi connectivity index (χ3v) is 2.24. The Bertz CT molecular complexity index is 608. The molecule has 0 saturated heterocycles. The number of carbonyl (C=O) groups is 4. The highest BCUT2D eigenvalue weighted by Crippen LogP contribution is 2.20. The summed E-state index contributed by atoms with van der Waals surface area (Å²) < 4.78 is 0. The normalized spacial score (nSPS) is 10.5. The van der Waals surface area contributed by atoms with E-state index in [2.05, 4.69) is 10.6 Å². The molecule has 0 fully saturated rings. The summed E-state index contributed by atoms with van der Waals surface area (Å²) in [6.45, 7) is 0. The average Bonchev–Trinajstić information content (AvgIpc) is 2.45. The summed E-state index contributed by atoms with van der Waals surface area (Å²) in [6, 6.07) is 6.37. The highest BCUT2D eigenvalue weighted by atomic mass is 16.2. The topological polar surface area (TPSA) is 144 Å². The molecule has 6 N–H and O–H groups in total. The van der Waals surface area contributed by atoms with Crippen molar-refractivity contribution in [2.45, 2.75) is 0 Å². The van der Waals surface area contributed by atoms with E-state index in [1.165, 1.54) is 0 Å². The van der Waals surface area contributed by atoms with Crippen molar-refractivity contribution in [3.05, 3.63) is 48.6 Å². The Balaban J connectivity index is 2.81. The SMILES string of the molecule is NC(=O)/C=C\C(=O)Nc1ccccc1NC(=O)/C=C\C(N)=O. The van der Waals surface area contributed by atoms with E-state index in [0.717, 1.165) is 24.3 Å². The van der Waals surface area contributed by atoms with Gasteiger partial charge in [-0.2, -0.15) is 0 Å². The van der Waals surface area contributed by atoms with Crippen LogP contribution < -0.4 is 22.1 Å². The van der Waals surface area contributed by atoms with Gasteiger partial charge in [0.15, 0.2) is 0 Å². The number of hydrogen-bond donors (Lipinski definition) is 4. The quantitative estimate of drug-likeness (QED) is 0.532. The zero-order valence-electron chi connectivity index (χ0n) is 11.4. The summed E-state index contributed by atoms with van der Waals surface area (Å²) in [4.78, 5) is 44.2. The minimum Gasteiger partial charge on any atom is -0.366 e. The zero-order chi connectivity index (χ0) is 16.5. The number of hydrogen-bond acceptors (Lipinski definition) is 4. The van der Waals surface area contributed by atoms with Gasteiger partial charge in [-0.05, 0) is 12.1 Å². The van der Waals surface area contributed by atoms with Crippen molar-refractivity contribution in [2.75, 3.05) is 10.6 Å². The molecular formula is C14H14N4O4. The van der Waals surface area contributed by atoms with E-state index in [-0.39, 0.29) is 0 Å². The Labute approximate surface area is 125 Å². The van der Waals surface area contributed by atoms with E-state index in [1.54, 1.807) is 24.3 Å². The highest BCUT2D eigenvalue weighted by Gasteiger charge is 2.06. The summed E-state index contributed by atoms with van der Waals surface area (Å²) in [5, 5.41) is 4.94. The van der Waals surface area contributed by atoms with Gasteiger partial charge in [0.2, 0.25) is 23.6 Å². The standard InChI is InChI=1S/C14H14N4O4/c15-11(19)5-7-13(21)17-9-3-1-2-4-10(9)18-14(22)8-6-12(16)20/h1-8H,(H2,15,19)(H2,16,20)(H,17,21)(H,18,22)/b7-5-,8-6-. The van der Waals surface area contributed by atoms with Gasteiger partial charge < -0.3 is 22.1 Å². The van der Waals surface area contributed by atoms with Crippen molar-refractivity contribution in [3.8, 4) is 0 Å². The van der Waals surface area contributed by atoms with Crippen LogP contribution in [0.1, 0.15) is 0 Å². The van der Waals surface area contributed by atoms with Crippen LogP contribution in [0.15, 0.2) is 48.6 Å². The second-order valence-corrected chi connectivity index (χ2v) is 4.00. The van der Waals surface area contributed by atoms with Crippen LogP contribution in [0.2, 0.25) is 0 Å². The van der Waals surface area contributed by atoms with Crippen LogP contribution in [0.25, 0.3) is 0 Å². The number of nitrogens with two attached hydrogens (primary N) is 2. The molecule has 8 nitrogen and oxygen atoms in total. The van der Waals surface area contributed by atoms with Crippen molar-refractivity contribution in [3.63, 3.8) is 0 Å². The minimum absolute atomic E-state index is 0.308. The second kappa shape index (κ2) is 8.00. The van der Waals surface area contributed by atoms with Crippen LogP contribution in [-0.4, -0.2) is 23.6 Å². The first-order valence-electron chi connectivity index (χ1n) is 6.04. The van der Waals surface area contributed by atoms with Crippen LogP contribution >= 0.6 is 0 Å². The Kier molecular flexibility index (Phi) is 6.05. The lowest BCUT2D eigenvalue weighted by Gasteiger charge is -2.09. The monoisotopic (exact) mass is 302 g/mol. The number of amides is 4. The lowest BCUT2D eigenvalue weighted by molar-refractivity contribution is -0.115. The number of primary amides is 2. The first kappa shape index (κ1) is 16.6. The maximum absolute atomic E-state index is 11.6. The Morgan fingerprint density at radius 3 is 1.41 bits per heavy atom. The van der Waals surface area contributed by atoms with Crippen LogP contribution in [-0.2, 0) is 19.2 Å². The van der Waals surface area contributed by atoms with Gasteiger partial charge in [0, 0.05) is 24.3 Å². The Hall–Kier alpha value is -3.42. The van der Waals surface area contributed by atoms with Crippen molar-refractivity contribution in [2.24, 2.45) is 11.5 Å². The van der Waals surface area contributed by atoms with E-state index in [0.29, 0.717) is 11.4 Å². The number of nitrogens with one attached hydrogen (secondary N) is 2. The molecule has 114 valence electrons. The van der Waals surface area contributed by atoms with E-state index in [9.17, 15) is 19.2 Å². The third kappa shape index (κ3) is 6.15. The molecule has 0 aromatic heterocycles.